The van der Waals surface area contributed by atoms with Crippen molar-refractivity contribution in [2.75, 3.05) is 0 Å². The second-order valence-corrected chi connectivity index (χ2v) is 3.29. The topological polar surface area (TPSA) is 79.5 Å². The molecule has 0 aliphatic carbocycles. The van der Waals surface area contributed by atoms with Crippen LogP contribution in [0.25, 0.3) is 0 Å². The van der Waals surface area contributed by atoms with Crippen molar-refractivity contribution in [3.8, 4) is 0 Å². The molecule has 5 heteroatoms. The van der Waals surface area contributed by atoms with Gasteiger partial charge in [0.05, 0.1) is 11.5 Å². The molecule has 1 aromatic heterocycles. The summed E-state index contributed by atoms with van der Waals surface area (Å²) in [5.41, 5.74) is 0.528. The normalized spacial score (nSPS) is 19.3. The highest BCUT2D eigenvalue weighted by atomic mass is 16.4. The summed E-state index contributed by atoms with van der Waals surface area (Å²) < 4.78 is 1.70. The molecular formula is C9H9NO4. The minimum Gasteiger partial charge on any atom is -0.481 e. The van der Waals surface area contributed by atoms with Gasteiger partial charge in [-0.25, -0.2) is 4.79 Å². The van der Waals surface area contributed by atoms with Crippen LogP contribution in [0.1, 0.15) is 28.4 Å². The van der Waals surface area contributed by atoms with Gasteiger partial charge in [0.2, 0.25) is 0 Å². The lowest BCUT2D eigenvalue weighted by Crippen LogP contribution is -2.11. The molecule has 0 amide bonds. The third-order valence-corrected chi connectivity index (χ3v) is 2.52. The molecule has 0 bridgehead atoms. The highest BCUT2D eigenvalue weighted by molar-refractivity contribution is 5.92. The van der Waals surface area contributed by atoms with Gasteiger partial charge in [-0.3, -0.25) is 4.79 Å². The Bertz CT molecular complexity index is 407. The fourth-order valence-corrected chi connectivity index (χ4v) is 1.89. The molecule has 1 aromatic rings. The van der Waals surface area contributed by atoms with Crippen LogP contribution in [0.2, 0.25) is 0 Å². The summed E-state index contributed by atoms with van der Waals surface area (Å²) in [5.74, 6) is -2.69. The number of aryl methyl sites for hydroxylation is 1. The monoisotopic (exact) mass is 195 g/mol. The lowest BCUT2D eigenvalue weighted by atomic mass is 10.0. The minimum absolute atomic E-state index is 0.106. The number of fused-ring (bicyclic) bond motifs is 1. The molecule has 74 valence electrons. The number of hydrogen-bond acceptors (Lipinski definition) is 2. The number of hydrogen-bond donors (Lipinski definition) is 2. The van der Waals surface area contributed by atoms with E-state index in [1.54, 1.807) is 10.8 Å². The first kappa shape index (κ1) is 8.80. The number of aliphatic carboxylic acids is 1. The van der Waals surface area contributed by atoms with Crippen LogP contribution in [0.15, 0.2) is 12.3 Å². The van der Waals surface area contributed by atoms with Crippen molar-refractivity contribution in [2.45, 2.75) is 18.9 Å². The molecule has 14 heavy (non-hydrogen) atoms. The number of aromatic carboxylic acids is 1. The zero-order valence-electron chi connectivity index (χ0n) is 7.30. The molecule has 2 rings (SSSR count). The summed E-state index contributed by atoms with van der Waals surface area (Å²) in [6, 6.07) is 1.45. The van der Waals surface area contributed by atoms with E-state index in [-0.39, 0.29) is 5.56 Å². The van der Waals surface area contributed by atoms with Crippen LogP contribution >= 0.6 is 0 Å². The predicted molar refractivity (Wildman–Crippen MR) is 46.4 cm³/mol. The first-order valence-electron chi connectivity index (χ1n) is 4.26. The Labute approximate surface area is 79.6 Å². The van der Waals surface area contributed by atoms with Gasteiger partial charge in [-0.1, -0.05) is 0 Å². The average molecular weight is 195 g/mol. The maximum Gasteiger partial charge on any atom is 0.337 e. The fourth-order valence-electron chi connectivity index (χ4n) is 1.89. The quantitative estimate of drug-likeness (QED) is 0.730. The Morgan fingerprint density at radius 2 is 2.14 bits per heavy atom. The van der Waals surface area contributed by atoms with Crippen molar-refractivity contribution in [1.29, 1.82) is 0 Å². The molecule has 0 fully saturated rings. The molecule has 5 nitrogen and oxygen atoms in total. The molecular weight excluding hydrogens is 186 g/mol. The van der Waals surface area contributed by atoms with E-state index < -0.39 is 17.9 Å². The van der Waals surface area contributed by atoms with Gasteiger partial charge in [0.15, 0.2) is 0 Å². The number of carboxylic acids is 2. The van der Waals surface area contributed by atoms with Gasteiger partial charge in [0.1, 0.15) is 0 Å². The van der Waals surface area contributed by atoms with Crippen molar-refractivity contribution in [1.82, 2.24) is 4.57 Å². The summed E-state index contributed by atoms with van der Waals surface area (Å²) in [6.45, 7) is 0.583. The first-order valence-corrected chi connectivity index (χ1v) is 4.26. The minimum atomic E-state index is -1.06. The van der Waals surface area contributed by atoms with Crippen molar-refractivity contribution in [2.24, 2.45) is 0 Å². The predicted octanol–water partition coefficient (Wildman–Crippen LogP) is 0.758. The zero-order chi connectivity index (χ0) is 10.3. The second kappa shape index (κ2) is 2.87. The van der Waals surface area contributed by atoms with Gasteiger partial charge in [-0.05, 0) is 12.5 Å². The van der Waals surface area contributed by atoms with Crippen molar-refractivity contribution in [3.63, 3.8) is 0 Å². The lowest BCUT2D eigenvalue weighted by molar-refractivity contribution is -0.138. The molecule has 1 aliphatic heterocycles. The number of carbonyl (C=O) groups is 2. The highest BCUT2D eigenvalue weighted by Gasteiger charge is 2.33. The maximum absolute atomic E-state index is 10.8. The highest BCUT2D eigenvalue weighted by Crippen LogP contribution is 2.31. The van der Waals surface area contributed by atoms with Crippen molar-refractivity contribution >= 4 is 11.9 Å². The Kier molecular flexibility index (Phi) is 1.80. The number of rotatable bonds is 2. The van der Waals surface area contributed by atoms with E-state index in [1.807, 2.05) is 0 Å². The molecule has 0 spiro atoms. The number of nitrogens with zero attached hydrogens (tertiary/aromatic N) is 1. The van der Waals surface area contributed by atoms with Gasteiger partial charge >= 0.3 is 11.9 Å². The summed E-state index contributed by atoms with van der Waals surface area (Å²) in [5, 5.41) is 17.7. The second-order valence-electron chi connectivity index (χ2n) is 3.29. The summed E-state index contributed by atoms with van der Waals surface area (Å²) in [4.78, 5) is 21.6. The number of aromatic nitrogens is 1. The van der Waals surface area contributed by atoms with E-state index in [0.29, 0.717) is 18.7 Å². The van der Waals surface area contributed by atoms with Crippen LogP contribution in [-0.4, -0.2) is 26.7 Å². The van der Waals surface area contributed by atoms with Crippen LogP contribution in [0.5, 0.6) is 0 Å². The third-order valence-electron chi connectivity index (χ3n) is 2.52. The summed E-state index contributed by atoms with van der Waals surface area (Å²) >= 11 is 0. The van der Waals surface area contributed by atoms with E-state index in [2.05, 4.69) is 0 Å². The molecule has 0 unspecified atom stereocenters. The maximum atomic E-state index is 10.8. The van der Waals surface area contributed by atoms with Crippen LogP contribution in [0, 0.1) is 0 Å². The SMILES string of the molecule is O=C(O)c1ccn2c1[C@@H](C(=O)O)CC2. The van der Waals surface area contributed by atoms with Crippen molar-refractivity contribution in [3.05, 3.63) is 23.5 Å². The average Bonchev–Trinajstić information content (AvgIpc) is 2.59. The van der Waals surface area contributed by atoms with Gasteiger partial charge in [-0.15, -0.1) is 0 Å². The van der Waals surface area contributed by atoms with Gasteiger partial charge in [0.25, 0.3) is 0 Å². The summed E-state index contributed by atoms with van der Waals surface area (Å²) in [6.07, 6.45) is 2.10. The lowest BCUT2D eigenvalue weighted by Gasteiger charge is -2.04. The largest absolute Gasteiger partial charge is 0.481 e. The van der Waals surface area contributed by atoms with Crippen LogP contribution in [-0.2, 0) is 11.3 Å². The standard InChI is InChI=1S/C9H9NO4/c11-8(12)5-1-3-10-4-2-6(7(5)10)9(13)14/h1,3,6H,2,4H2,(H,11,12)(H,13,14)/t6-/m0/s1. The molecule has 0 radical (unpaired) electrons. The molecule has 2 heterocycles. The van der Waals surface area contributed by atoms with E-state index in [1.165, 1.54) is 6.07 Å². The molecule has 0 saturated carbocycles. The Hall–Kier alpha value is -1.78. The van der Waals surface area contributed by atoms with E-state index >= 15 is 0 Å². The van der Waals surface area contributed by atoms with Gasteiger partial charge < -0.3 is 14.8 Å². The van der Waals surface area contributed by atoms with E-state index in [9.17, 15) is 9.59 Å². The Morgan fingerprint density at radius 1 is 1.43 bits per heavy atom. The van der Waals surface area contributed by atoms with E-state index in [4.69, 9.17) is 10.2 Å². The third kappa shape index (κ3) is 1.09. The molecule has 2 N–H and O–H groups in total. The van der Waals surface area contributed by atoms with Gasteiger partial charge in [0, 0.05) is 18.4 Å². The van der Waals surface area contributed by atoms with Crippen LogP contribution < -0.4 is 0 Å². The van der Waals surface area contributed by atoms with Gasteiger partial charge in [-0.2, -0.15) is 0 Å². The zero-order valence-corrected chi connectivity index (χ0v) is 7.30. The molecule has 0 aromatic carbocycles. The summed E-state index contributed by atoms with van der Waals surface area (Å²) in [7, 11) is 0. The van der Waals surface area contributed by atoms with E-state index in [0.717, 1.165) is 0 Å². The van der Waals surface area contributed by atoms with Crippen molar-refractivity contribution < 1.29 is 19.8 Å². The molecule has 1 aliphatic rings. The molecule has 1 atom stereocenters. The molecule has 0 saturated heterocycles. The van der Waals surface area contributed by atoms with Crippen LogP contribution in [0.3, 0.4) is 0 Å². The number of carboxylic acid groups (broad SMARTS) is 2. The fraction of sp³-hybridized carbons (Fsp3) is 0.333. The Morgan fingerprint density at radius 3 is 2.71 bits per heavy atom. The van der Waals surface area contributed by atoms with Crippen LogP contribution in [0.4, 0.5) is 0 Å². The smallest absolute Gasteiger partial charge is 0.337 e. The Balaban J connectivity index is 2.50. The first-order chi connectivity index (χ1) is 6.61.